The van der Waals surface area contributed by atoms with Gasteiger partial charge >= 0.3 is 39.5 Å². The molecule has 0 radical (unpaired) electrons. The lowest BCUT2D eigenvalue weighted by molar-refractivity contribution is -0.161. The van der Waals surface area contributed by atoms with Crippen LogP contribution in [0.3, 0.4) is 0 Å². The highest BCUT2D eigenvalue weighted by Gasteiger charge is 2.30. The minimum absolute atomic E-state index is 0.108. The molecule has 3 unspecified atom stereocenters. The predicted octanol–water partition coefficient (Wildman–Crippen LogP) is 25.5. The third kappa shape index (κ3) is 76.6. The smallest absolute Gasteiger partial charge is 0.462 e. The molecule has 3 N–H and O–H groups in total. The topological polar surface area (TPSA) is 237 Å². The van der Waals surface area contributed by atoms with Crippen molar-refractivity contribution in [1.29, 1.82) is 0 Å². The summed E-state index contributed by atoms with van der Waals surface area (Å²) in [6.07, 6.45) is 66.5. The first-order valence-electron chi connectivity index (χ1n) is 43.5. The lowest BCUT2D eigenvalue weighted by Gasteiger charge is -2.21. The zero-order valence-corrected chi connectivity index (χ0v) is 69.4. The maximum absolute atomic E-state index is 13.1. The van der Waals surface area contributed by atoms with Crippen LogP contribution in [0.1, 0.15) is 446 Å². The monoisotopic (exact) mass is 1510 g/mol. The third-order valence-corrected chi connectivity index (χ3v) is 22.0. The highest BCUT2D eigenvalue weighted by Crippen LogP contribution is 2.45. The Morgan fingerprint density at radius 1 is 0.282 bits per heavy atom. The Bertz CT molecular complexity index is 1980. The van der Waals surface area contributed by atoms with Gasteiger partial charge in [-0.15, -0.1) is 0 Å². The van der Waals surface area contributed by atoms with Gasteiger partial charge in [-0.3, -0.25) is 37.3 Å². The molecule has 0 amide bonds. The minimum Gasteiger partial charge on any atom is -0.462 e. The van der Waals surface area contributed by atoms with Gasteiger partial charge in [-0.1, -0.05) is 395 Å². The second-order valence-corrected chi connectivity index (χ2v) is 33.8. The Morgan fingerprint density at radius 3 is 0.738 bits per heavy atom. The van der Waals surface area contributed by atoms with Gasteiger partial charge in [-0.05, 0) is 37.5 Å². The van der Waals surface area contributed by atoms with Crippen LogP contribution in [0.25, 0.3) is 0 Å². The zero-order chi connectivity index (χ0) is 75.6. The summed E-state index contributed by atoms with van der Waals surface area (Å²) in [5, 5.41) is 10.7. The number of esters is 4. The number of rotatable bonds is 83. The lowest BCUT2D eigenvalue weighted by atomic mass is 9.99. The molecule has 6 atom stereocenters. The molecule has 0 aromatic rings. The van der Waals surface area contributed by atoms with Crippen LogP contribution >= 0.6 is 15.6 Å². The molecule has 0 spiro atoms. The summed E-state index contributed by atoms with van der Waals surface area (Å²) in [6.45, 7) is 9.74. The van der Waals surface area contributed by atoms with Gasteiger partial charge in [-0.25, -0.2) is 9.13 Å². The van der Waals surface area contributed by atoms with Crippen molar-refractivity contribution in [2.45, 2.75) is 464 Å². The van der Waals surface area contributed by atoms with Gasteiger partial charge in [0.25, 0.3) is 0 Å². The van der Waals surface area contributed by atoms with Crippen molar-refractivity contribution in [3.05, 3.63) is 0 Å². The number of carbonyl (C=O) groups is 4. The van der Waals surface area contributed by atoms with E-state index in [0.717, 1.165) is 102 Å². The van der Waals surface area contributed by atoms with Gasteiger partial charge in [0, 0.05) is 25.7 Å². The molecule has 612 valence electrons. The van der Waals surface area contributed by atoms with E-state index in [1.807, 2.05) is 0 Å². The molecule has 103 heavy (non-hydrogen) atoms. The van der Waals surface area contributed by atoms with Crippen molar-refractivity contribution in [2.24, 2.45) is 11.8 Å². The first-order valence-corrected chi connectivity index (χ1v) is 46.5. The molecule has 0 aliphatic heterocycles. The summed E-state index contributed by atoms with van der Waals surface area (Å²) in [5.74, 6) is -0.433. The molecule has 0 bridgehead atoms. The maximum Gasteiger partial charge on any atom is 0.472 e. The van der Waals surface area contributed by atoms with Crippen LogP contribution in [0.15, 0.2) is 0 Å². The highest BCUT2D eigenvalue weighted by atomic mass is 31.2. The molecule has 0 aromatic carbocycles. The molecule has 0 rings (SSSR count). The number of hydrogen-bond acceptors (Lipinski definition) is 15. The Kier molecular flexibility index (Phi) is 74.1. The number of phosphoric ester groups is 2. The van der Waals surface area contributed by atoms with E-state index in [1.165, 1.54) is 263 Å². The fourth-order valence-electron chi connectivity index (χ4n) is 13.0. The van der Waals surface area contributed by atoms with Gasteiger partial charge in [-0.2, -0.15) is 0 Å². The average Bonchev–Trinajstić information content (AvgIpc) is 0.910. The largest absolute Gasteiger partial charge is 0.472 e. The van der Waals surface area contributed by atoms with E-state index in [9.17, 15) is 43.2 Å². The van der Waals surface area contributed by atoms with E-state index in [-0.39, 0.29) is 25.7 Å². The fraction of sp³-hybridized carbons (Fsp3) is 0.952. The van der Waals surface area contributed by atoms with E-state index in [1.54, 1.807) is 0 Å². The molecule has 0 aliphatic carbocycles. The lowest BCUT2D eigenvalue weighted by Crippen LogP contribution is -2.30. The molecular weight excluding hydrogens is 1340 g/mol. The SMILES string of the molecule is CCCCCCCCCCCCCCCCC(=O)O[C@H](COC(=O)CCCCCCCCCCCC)COP(=O)(O)OC[C@H](O)COP(=O)(O)OC[C@@H](COC(=O)CCCCCCCCCCCCCCCCC(C)CC)OC(=O)CCCCCCCCCCCCCCCCCCCCC(C)C. The van der Waals surface area contributed by atoms with Crippen LogP contribution in [-0.2, 0) is 65.4 Å². The van der Waals surface area contributed by atoms with Gasteiger partial charge in [0.2, 0.25) is 0 Å². The van der Waals surface area contributed by atoms with Crippen LogP contribution in [-0.4, -0.2) is 96.7 Å². The van der Waals surface area contributed by atoms with E-state index in [0.29, 0.717) is 25.7 Å². The highest BCUT2D eigenvalue weighted by molar-refractivity contribution is 7.47. The van der Waals surface area contributed by atoms with Crippen molar-refractivity contribution in [1.82, 2.24) is 0 Å². The van der Waals surface area contributed by atoms with Crippen LogP contribution < -0.4 is 0 Å². The molecule has 0 aromatic heterocycles. The third-order valence-electron chi connectivity index (χ3n) is 20.1. The summed E-state index contributed by atoms with van der Waals surface area (Å²) < 4.78 is 68.8. The number of carbonyl (C=O) groups excluding carboxylic acids is 4. The second kappa shape index (κ2) is 75.5. The van der Waals surface area contributed by atoms with E-state index in [4.69, 9.17) is 37.0 Å². The van der Waals surface area contributed by atoms with E-state index < -0.39 is 97.5 Å². The number of unbranched alkanes of at least 4 members (excludes halogenated alkanes) is 52. The Labute approximate surface area is 632 Å². The molecule has 0 fully saturated rings. The van der Waals surface area contributed by atoms with Crippen LogP contribution in [0.2, 0.25) is 0 Å². The summed E-state index contributed by atoms with van der Waals surface area (Å²) >= 11 is 0. The summed E-state index contributed by atoms with van der Waals surface area (Å²) in [4.78, 5) is 73.1. The molecular formula is C84H164O17P2. The Balaban J connectivity index is 5.22. The molecule has 0 saturated heterocycles. The summed E-state index contributed by atoms with van der Waals surface area (Å²) in [5.41, 5.74) is 0. The first-order chi connectivity index (χ1) is 49.9. The molecule has 17 nitrogen and oxygen atoms in total. The predicted molar refractivity (Wildman–Crippen MR) is 423 cm³/mol. The Hall–Kier alpha value is -1.94. The number of aliphatic hydroxyl groups is 1. The van der Waals surface area contributed by atoms with Crippen molar-refractivity contribution >= 4 is 39.5 Å². The molecule has 0 saturated carbocycles. The fourth-order valence-corrected chi connectivity index (χ4v) is 14.6. The normalized spacial score (nSPS) is 14.1. The number of ether oxygens (including phenoxy) is 4. The Morgan fingerprint density at radius 2 is 0.495 bits per heavy atom. The molecule has 19 heteroatoms. The van der Waals surface area contributed by atoms with Crippen LogP contribution in [0.5, 0.6) is 0 Å². The second-order valence-electron chi connectivity index (χ2n) is 30.9. The summed E-state index contributed by atoms with van der Waals surface area (Å²) in [6, 6.07) is 0. The molecule has 0 heterocycles. The van der Waals surface area contributed by atoms with Gasteiger partial charge in [0.15, 0.2) is 12.2 Å². The summed E-state index contributed by atoms with van der Waals surface area (Å²) in [7, 11) is -9.92. The van der Waals surface area contributed by atoms with Gasteiger partial charge < -0.3 is 33.8 Å². The number of aliphatic hydroxyl groups excluding tert-OH is 1. The molecule has 0 aliphatic rings. The van der Waals surface area contributed by atoms with Crippen molar-refractivity contribution in [2.75, 3.05) is 39.6 Å². The maximum atomic E-state index is 13.1. The van der Waals surface area contributed by atoms with Crippen molar-refractivity contribution in [3.8, 4) is 0 Å². The zero-order valence-electron chi connectivity index (χ0n) is 67.6. The standard InChI is InChI=1S/C84H164O17P2/c1-7-10-12-14-16-18-20-21-32-38-44-50-56-62-68-83(88)100-79(72-94-81(86)66-60-54-48-42-19-17-15-13-11-8-2)74-98-102(90,91)96-70-78(85)71-97-103(92,93)99-75-80(73-95-82(87)67-61-55-49-43-37-33-29-28-31-36-41-47-53-59-65-77(6)9-3)101-84(89)69-63-57-51-45-39-34-27-25-23-22-24-26-30-35-40-46-52-58-64-76(4)5/h76-80,85H,7-75H2,1-6H3,(H,90,91)(H,92,93)/t77?,78-,79+,80+/m0/s1. The number of phosphoric acid groups is 2. The van der Waals surface area contributed by atoms with Crippen molar-refractivity contribution < 1.29 is 80.2 Å². The quantitative estimate of drug-likeness (QED) is 0.0222. The van der Waals surface area contributed by atoms with E-state index in [2.05, 4.69) is 41.5 Å². The van der Waals surface area contributed by atoms with E-state index >= 15 is 0 Å². The number of hydrogen-bond donors (Lipinski definition) is 3. The van der Waals surface area contributed by atoms with Crippen LogP contribution in [0, 0.1) is 11.8 Å². The minimum atomic E-state index is -4.96. The van der Waals surface area contributed by atoms with Crippen molar-refractivity contribution in [3.63, 3.8) is 0 Å². The van der Waals surface area contributed by atoms with Gasteiger partial charge in [0.05, 0.1) is 26.4 Å². The first kappa shape index (κ1) is 101. The van der Waals surface area contributed by atoms with Crippen LogP contribution in [0.4, 0.5) is 0 Å². The van der Waals surface area contributed by atoms with Gasteiger partial charge in [0.1, 0.15) is 19.3 Å². The average molecular weight is 1510 g/mol.